The molecule has 0 spiro atoms. The molecule has 2 aliphatic rings. The summed E-state index contributed by atoms with van der Waals surface area (Å²) in [5.74, 6) is 0. The third kappa shape index (κ3) is 5.41. The lowest BCUT2D eigenvalue weighted by Gasteiger charge is -2.40. The Hall–Kier alpha value is -0.120. The zero-order valence-electron chi connectivity index (χ0n) is 13.6. The summed E-state index contributed by atoms with van der Waals surface area (Å²) in [7, 11) is 0. The van der Waals surface area contributed by atoms with Gasteiger partial charge in [-0.25, -0.2) is 0 Å². The largest absolute Gasteiger partial charge is 0.311 e. The highest BCUT2D eigenvalue weighted by Gasteiger charge is 2.32. The van der Waals surface area contributed by atoms with E-state index in [9.17, 15) is 0 Å². The highest BCUT2D eigenvalue weighted by Crippen LogP contribution is 2.28. The van der Waals surface area contributed by atoms with Gasteiger partial charge in [0.2, 0.25) is 0 Å². The molecular weight excluding hydrogens is 234 g/mol. The molecule has 19 heavy (non-hydrogen) atoms. The minimum Gasteiger partial charge on any atom is -0.311 e. The normalized spacial score (nSPS) is 23.8. The van der Waals surface area contributed by atoms with Crippen molar-refractivity contribution in [3.63, 3.8) is 0 Å². The van der Waals surface area contributed by atoms with Crippen molar-refractivity contribution in [3.05, 3.63) is 0 Å². The van der Waals surface area contributed by atoms with Crippen LogP contribution in [0.2, 0.25) is 0 Å². The standard InChI is InChI=1S/C16H33N3/c1-15(2,3)17-12-16(4,5)13-18-8-10-19(11-9-18)14-6-7-14/h14,17H,6-13H2,1-5H3. The van der Waals surface area contributed by atoms with Crippen LogP contribution in [0.15, 0.2) is 0 Å². The Balaban J connectivity index is 1.70. The lowest BCUT2D eigenvalue weighted by atomic mass is 9.91. The van der Waals surface area contributed by atoms with Gasteiger partial charge in [-0.1, -0.05) is 13.8 Å². The van der Waals surface area contributed by atoms with E-state index in [0.29, 0.717) is 5.41 Å². The van der Waals surface area contributed by atoms with Crippen molar-refractivity contribution >= 4 is 0 Å². The first-order valence-electron chi connectivity index (χ1n) is 7.97. The Morgan fingerprint density at radius 2 is 1.53 bits per heavy atom. The third-order valence-electron chi connectivity index (χ3n) is 4.22. The number of nitrogens with zero attached hydrogens (tertiary/aromatic N) is 2. The van der Waals surface area contributed by atoms with Crippen molar-refractivity contribution < 1.29 is 0 Å². The van der Waals surface area contributed by atoms with E-state index in [1.165, 1.54) is 45.6 Å². The van der Waals surface area contributed by atoms with Crippen molar-refractivity contribution in [2.45, 2.75) is 59.0 Å². The second kappa shape index (κ2) is 5.71. The van der Waals surface area contributed by atoms with Gasteiger partial charge in [-0.2, -0.15) is 0 Å². The molecule has 0 amide bonds. The fraction of sp³-hybridized carbons (Fsp3) is 1.00. The Kier molecular flexibility index (Phi) is 4.59. The Bertz CT molecular complexity index is 281. The summed E-state index contributed by atoms with van der Waals surface area (Å²) >= 11 is 0. The van der Waals surface area contributed by atoms with Crippen molar-refractivity contribution in [2.75, 3.05) is 39.3 Å². The third-order valence-corrected chi connectivity index (χ3v) is 4.22. The van der Waals surface area contributed by atoms with Crippen molar-refractivity contribution in [1.29, 1.82) is 0 Å². The fourth-order valence-corrected chi connectivity index (χ4v) is 2.89. The van der Waals surface area contributed by atoms with Gasteiger partial charge in [-0.05, 0) is 39.0 Å². The predicted octanol–water partition coefficient (Wildman–Crippen LogP) is 2.18. The molecule has 2 fully saturated rings. The van der Waals surface area contributed by atoms with E-state index in [0.717, 1.165) is 12.6 Å². The van der Waals surface area contributed by atoms with Crippen LogP contribution in [0.1, 0.15) is 47.5 Å². The van der Waals surface area contributed by atoms with Crippen molar-refractivity contribution in [3.8, 4) is 0 Å². The van der Waals surface area contributed by atoms with Crippen LogP contribution in [0.3, 0.4) is 0 Å². The minimum atomic E-state index is 0.224. The summed E-state index contributed by atoms with van der Waals surface area (Å²) in [6.45, 7) is 18.9. The van der Waals surface area contributed by atoms with Crippen LogP contribution < -0.4 is 5.32 Å². The fourth-order valence-electron chi connectivity index (χ4n) is 2.89. The van der Waals surface area contributed by atoms with Gasteiger partial charge in [0, 0.05) is 50.8 Å². The van der Waals surface area contributed by atoms with Crippen LogP contribution in [0.5, 0.6) is 0 Å². The molecule has 0 aromatic carbocycles. The number of rotatable bonds is 5. The van der Waals surface area contributed by atoms with Crippen LogP contribution in [-0.2, 0) is 0 Å². The topological polar surface area (TPSA) is 18.5 Å². The van der Waals surface area contributed by atoms with Gasteiger partial charge in [-0.3, -0.25) is 4.90 Å². The van der Waals surface area contributed by atoms with Crippen LogP contribution >= 0.6 is 0 Å². The molecule has 0 atom stereocenters. The van der Waals surface area contributed by atoms with Crippen molar-refractivity contribution in [1.82, 2.24) is 15.1 Å². The van der Waals surface area contributed by atoms with Gasteiger partial charge in [0.05, 0.1) is 0 Å². The molecule has 0 aromatic heterocycles. The molecule has 2 rings (SSSR count). The number of nitrogens with one attached hydrogen (secondary N) is 1. The molecule has 3 nitrogen and oxygen atoms in total. The van der Waals surface area contributed by atoms with E-state index < -0.39 is 0 Å². The highest BCUT2D eigenvalue weighted by atomic mass is 15.3. The Labute approximate surface area is 119 Å². The molecule has 1 heterocycles. The van der Waals surface area contributed by atoms with Gasteiger partial charge in [0.1, 0.15) is 0 Å². The number of hydrogen-bond donors (Lipinski definition) is 1. The minimum absolute atomic E-state index is 0.224. The van der Waals surface area contributed by atoms with Gasteiger partial charge in [0.25, 0.3) is 0 Å². The summed E-state index contributed by atoms with van der Waals surface area (Å²) in [5.41, 5.74) is 0.580. The van der Waals surface area contributed by atoms with Gasteiger partial charge in [0.15, 0.2) is 0 Å². The lowest BCUT2D eigenvalue weighted by Crippen LogP contribution is -2.52. The molecule has 1 saturated carbocycles. The number of hydrogen-bond acceptors (Lipinski definition) is 3. The molecule has 0 aromatic rings. The van der Waals surface area contributed by atoms with E-state index in [1.54, 1.807) is 0 Å². The van der Waals surface area contributed by atoms with Crippen LogP contribution in [0, 0.1) is 5.41 Å². The number of piperazine rings is 1. The van der Waals surface area contributed by atoms with E-state index in [2.05, 4.69) is 49.7 Å². The SMILES string of the molecule is CC(C)(CNC(C)(C)C)CN1CCN(C2CC2)CC1. The molecule has 1 saturated heterocycles. The average molecular weight is 267 g/mol. The lowest BCUT2D eigenvalue weighted by molar-refractivity contribution is 0.0899. The first-order valence-corrected chi connectivity index (χ1v) is 7.97. The second-order valence-corrected chi connectivity index (χ2v) is 8.31. The maximum absolute atomic E-state index is 3.65. The summed E-state index contributed by atoms with van der Waals surface area (Å²) in [6, 6.07) is 0.942. The van der Waals surface area contributed by atoms with Crippen molar-refractivity contribution in [2.24, 2.45) is 5.41 Å². The molecule has 1 aliphatic heterocycles. The predicted molar refractivity (Wildman–Crippen MR) is 82.6 cm³/mol. The average Bonchev–Trinajstić information content (AvgIpc) is 3.10. The van der Waals surface area contributed by atoms with Crippen LogP contribution in [-0.4, -0.2) is 60.6 Å². The Morgan fingerprint density at radius 3 is 2.00 bits per heavy atom. The molecule has 3 heteroatoms. The zero-order valence-corrected chi connectivity index (χ0v) is 13.6. The van der Waals surface area contributed by atoms with Gasteiger partial charge in [-0.15, -0.1) is 0 Å². The highest BCUT2D eigenvalue weighted by molar-refractivity contribution is 4.89. The van der Waals surface area contributed by atoms with E-state index >= 15 is 0 Å². The van der Waals surface area contributed by atoms with Gasteiger partial charge >= 0.3 is 0 Å². The summed E-state index contributed by atoms with van der Waals surface area (Å²) in [4.78, 5) is 5.35. The van der Waals surface area contributed by atoms with Gasteiger partial charge < -0.3 is 10.2 Å². The summed E-state index contributed by atoms with van der Waals surface area (Å²) in [6.07, 6.45) is 2.89. The smallest absolute Gasteiger partial charge is 0.0113 e. The maximum atomic E-state index is 3.65. The van der Waals surface area contributed by atoms with E-state index in [-0.39, 0.29) is 5.54 Å². The summed E-state index contributed by atoms with van der Waals surface area (Å²) < 4.78 is 0. The second-order valence-electron chi connectivity index (χ2n) is 8.31. The van der Waals surface area contributed by atoms with Crippen LogP contribution in [0.25, 0.3) is 0 Å². The molecule has 1 aliphatic carbocycles. The zero-order chi connectivity index (χ0) is 14.1. The molecule has 1 N–H and O–H groups in total. The molecule has 112 valence electrons. The summed E-state index contributed by atoms with van der Waals surface area (Å²) in [5, 5.41) is 3.65. The monoisotopic (exact) mass is 267 g/mol. The molecule has 0 unspecified atom stereocenters. The Morgan fingerprint density at radius 1 is 0.947 bits per heavy atom. The molecule has 0 radical (unpaired) electrons. The molecule has 0 bridgehead atoms. The first kappa shape index (κ1) is 15.3. The van der Waals surface area contributed by atoms with E-state index in [1.807, 2.05) is 0 Å². The molecular formula is C16H33N3. The maximum Gasteiger partial charge on any atom is 0.0113 e. The first-order chi connectivity index (χ1) is 8.75. The quantitative estimate of drug-likeness (QED) is 0.824. The van der Waals surface area contributed by atoms with Crippen LogP contribution in [0.4, 0.5) is 0 Å². The van der Waals surface area contributed by atoms with E-state index in [4.69, 9.17) is 0 Å².